The van der Waals surface area contributed by atoms with Crippen LogP contribution in [-0.4, -0.2) is 21.6 Å². The Kier molecular flexibility index (Phi) is 5.26. The topological polar surface area (TPSA) is 71.7 Å². The highest BCUT2D eigenvalue weighted by atomic mass is 32.1. The molecule has 1 atom stereocenters. The maximum Gasteiger partial charge on any atom is 0.416 e. The number of carbonyl (C=O) groups excluding carboxylic acids is 1. The van der Waals surface area contributed by atoms with E-state index in [0.717, 1.165) is 34.9 Å². The second kappa shape index (κ2) is 7.39. The van der Waals surface area contributed by atoms with Crippen LogP contribution in [-0.2, 0) is 11.0 Å². The van der Waals surface area contributed by atoms with Crippen LogP contribution in [0.3, 0.4) is 0 Å². The highest BCUT2D eigenvalue weighted by Gasteiger charge is 2.31. The minimum Gasteiger partial charge on any atom is -0.480 e. The Balaban J connectivity index is 2.21. The summed E-state index contributed by atoms with van der Waals surface area (Å²) in [6.45, 7) is 1.24. The number of amides is 1. The summed E-state index contributed by atoms with van der Waals surface area (Å²) in [6, 6.07) is 3.86. The number of thiazole rings is 1. The van der Waals surface area contributed by atoms with Crippen LogP contribution in [0, 0.1) is 11.6 Å². The summed E-state index contributed by atoms with van der Waals surface area (Å²) in [5, 5.41) is 9.30. The first kappa shape index (κ1) is 20.6. The lowest BCUT2D eigenvalue weighted by atomic mass is 10.1. The van der Waals surface area contributed by atoms with Crippen LogP contribution in [0.15, 0.2) is 41.4 Å². The molecule has 0 aliphatic heterocycles. The molecule has 3 aromatic rings. The van der Waals surface area contributed by atoms with Gasteiger partial charge >= 0.3 is 12.1 Å². The number of fused-ring (bicyclic) bond motifs is 1. The molecule has 11 heteroatoms. The number of aromatic nitrogens is 1. The number of carbonyl (C=O) groups is 2. The summed E-state index contributed by atoms with van der Waals surface area (Å²) in [6.07, 6.45) is -4.67. The Morgan fingerprint density at radius 2 is 1.79 bits per heavy atom. The van der Waals surface area contributed by atoms with E-state index in [0.29, 0.717) is 17.4 Å². The van der Waals surface area contributed by atoms with Crippen molar-refractivity contribution in [2.45, 2.75) is 19.1 Å². The molecule has 29 heavy (non-hydrogen) atoms. The van der Waals surface area contributed by atoms with E-state index < -0.39 is 41.3 Å². The van der Waals surface area contributed by atoms with Gasteiger partial charge < -0.3 is 9.67 Å². The fraction of sp³-hybridized carbons (Fsp3) is 0.167. The molecule has 1 amide bonds. The first-order valence-corrected chi connectivity index (χ1v) is 8.80. The molecule has 3 rings (SSSR count). The van der Waals surface area contributed by atoms with E-state index in [2.05, 4.69) is 4.99 Å². The minimum absolute atomic E-state index is 0.0145. The van der Waals surface area contributed by atoms with Gasteiger partial charge in [0.2, 0.25) is 0 Å². The lowest BCUT2D eigenvalue weighted by Gasteiger charge is -2.10. The summed E-state index contributed by atoms with van der Waals surface area (Å²) in [5.41, 5.74) is -1.44. The van der Waals surface area contributed by atoms with Crippen LogP contribution in [0.25, 0.3) is 10.2 Å². The molecular formula is C18H11F5N2O3S. The second-order valence-corrected chi connectivity index (χ2v) is 7.01. The van der Waals surface area contributed by atoms with Gasteiger partial charge in [-0.15, -0.1) is 0 Å². The molecule has 1 unspecified atom stereocenters. The van der Waals surface area contributed by atoms with Gasteiger partial charge in [0.05, 0.1) is 15.8 Å². The van der Waals surface area contributed by atoms with E-state index in [9.17, 15) is 36.6 Å². The number of rotatable bonds is 3. The number of benzene rings is 2. The fourth-order valence-corrected chi connectivity index (χ4v) is 3.68. The van der Waals surface area contributed by atoms with Crippen molar-refractivity contribution in [3.63, 3.8) is 0 Å². The number of hydrogen-bond acceptors (Lipinski definition) is 3. The average molecular weight is 430 g/mol. The van der Waals surface area contributed by atoms with Gasteiger partial charge in [-0.3, -0.25) is 4.79 Å². The third kappa shape index (κ3) is 4.04. The predicted octanol–water partition coefficient (Wildman–Crippen LogP) is 4.39. The van der Waals surface area contributed by atoms with Gasteiger partial charge in [0.15, 0.2) is 16.4 Å². The van der Waals surface area contributed by atoms with E-state index in [-0.39, 0.29) is 20.6 Å². The molecule has 152 valence electrons. The molecular weight excluding hydrogens is 419 g/mol. The van der Waals surface area contributed by atoms with Crippen LogP contribution < -0.4 is 4.80 Å². The van der Waals surface area contributed by atoms with Crippen LogP contribution in [0.5, 0.6) is 0 Å². The first-order chi connectivity index (χ1) is 13.5. The number of aliphatic carboxylic acids is 1. The molecule has 0 saturated heterocycles. The molecule has 0 fully saturated rings. The van der Waals surface area contributed by atoms with Crippen LogP contribution in [0.4, 0.5) is 22.0 Å². The number of nitrogens with zero attached hydrogens (tertiary/aromatic N) is 2. The van der Waals surface area contributed by atoms with Crippen molar-refractivity contribution in [1.29, 1.82) is 0 Å². The Morgan fingerprint density at radius 3 is 2.41 bits per heavy atom. The zero-order valence-electron chi connectivity index (χ0n) is 14.5. The lowest BCUT2D eigenvalue weighted by Crippen LogP contribution is -2.25. The molecule has 0 aliphatic rings. The summed E-state index contributed by atoms with van der Waals surface area (Å²) in [4.78, 5) is 27.3. The number of carboxylic acids is 1. The zero-order valence-corrected chi connectivity index (χ0v) is 15.3. The van der Waals surface area contributed by atoms with Gasteiger partial charge in [-0.1, -0.05) is 17.4 Å². The normalized spacial score (nSPS) is 13.7. The van der Waals surface area contributed by atoms with Gasteiger partial charge in [-0.25, -0.2) is 13.6 Å². The summed E-state index contributed by atoms with van der Waals surface area (Å²) < 4.78 is 66.9. The number of halogens is 5. The highest BCUT2D eigenvalue weighted by Crippen LogP contribution is 2.30. The van der Waals surface area contributed by atoms with Crippen molar-refractivity contribution in [3.8, 4) is 0 Å². The molecule has 0 aliphatic carbocycles. The van der Waals surface area contributed by atoms with Crippen molar-refractivity contribution in [2.24, 2.45) is 4.99 Å². The first-order valence-electron chi connectivity index (χ1n) is 7.98. The maximum atomic E-state index is 13.7. The molecule has 1 N–H and O–H groups in total. The molecule has 1 heterocycles. The van der Waals surface area contributed by atoms with Crippen molar-refractivity contribution < 1.29 is 36.6 Å². The summed E-state index contributed by atoms with van der Waals surface area (Å²) >= 11 is 0.708. The molecule has 0 saturated carbocycles. The molecule has 0 bridgehead atoms. The Hall–Kier alpha value is -3.08. The number of alkyl halides is 3. The minimum atomic E-state index is -4.67. The van der Waals surface area contributed by atoms with Crippen molar-refractivity contribution >= 4 is 33.4 Å². The van der Waals surface area contributed by atoms with Crippen molar-refractivity contribution in [3.05, 3.63) is 64.0 Å². The highest BCUT2D eigenvalue weighted by molar-refractivity contribution is 7.16. The standard InChI is InChI=1S/C18H11F5N2O3S/c1-8(16(27)28)25-13-6-11(19)12(20)7-14(13)29-17(25)24-15(26)9-3-2-4-10(5-9)18(21,22)23/h2-8H,1H3,(H,27,28). The van der Waals surface area contributed by atoms with Crippen molar-refractivity contribution in [2.75, 3.05) is 0 Å². The smallest absolute Gasteiger partial charge is 0.416 e. The van der Waals surface area contributed by atoms with E-state index in [4.69, 9.17) is 0 Å². The van der Waals surface area contributed by atoms with Crippen LogP contribution >= 0.6 is 11.3 Å². The van der Waals surface area contributed by atoms with E-state index >= 15 is 0 Å². The van der Waals surface area contributed by atoms with E-state index in [1.165, 1.54) is 6.92 Å². The summed E-state index contributed by atoms with van der Waals surface area (Å²) in [7, 11) is 0. The predicted molar refractivity (Wildman–Crippen MR) is 93.4 cm³/mol. The van der Waals surface area contributed by atoms with E-state index in [1.54, 1.807) is 0 Å². The molecule has 0 spiro atoms. The van der Waals surface area contributed by atoms with Gasteiger partial charge in [-0.05, 0) is 31.2 Å². The van der Waals surface area contributed by atoms with E-state index in [1.807, 2.05) is 0 Å². The van der Waals surface area contributed by atoms with Gasteiger partial charge in [0, 0.05) is 11.6 Å². The maximum absolute atomic E-state index is 13.7. The third-order valence-corrected chi connectivity index (χ3v) is 5.06. The van der Waals surface area contributed by atoms with Crippen LogP contribution in [0.1, 0.15) is 28.9 Å². The van der Waals surface area contributed by atoms with Crippen LogP contribution in [0.2, 0.25) is 0 Å². The van der Waals surface area contributed by atoms with Gasteiger partial charge in [-0.2, -0.15) is 18.2 Å². The Bertz CT molecular complexity index is 1200. The monoisotopic (exact) mass is 430 g/mol. The largest absolute Gasteiger partial charge is 0.480 e. The molecule has 1 aromatic heterocycles. The average Bonchev–Trinajstić information content (AvgIpc) is 2.97. The number of hydrogen-bond donors (Lipinski definition) is 1. The lowest BCUT2D eigenvalue weighted by molar-refractivity contribution is -0.140. The fourth-order valence-electron chi connectivity index (χ4n) is 2.58. The van der Waals surface area contributed by atoms with Gasteiger partial charge in [0.25, 0.3) is 5.91 Å². The summed E-state index contributed by atoms with van der Waals surface area (Å²) in [5.74, 6) is -4.79. The number of carboxylic acid groups (broad SMARTS) is 1. The second-order valence-electron chi connectivity index (χ2n) is 6.00. The molecule has 5 nitrogen and oxygen atoms in total. The Labute approximate surface area is 163 Å². The quantitative estimate of drug-likeness (QED) is 0.627. The molecule has 0 radical (unpaired) electrons. The Morgan fingerprint density at radius 1 is 1.14 bits per heavy atom. The SMILES string of the molecule is CC(C(=O)O)n1c(=NC(=O)c2cccc(C(F)(F)F)c2)sc2cc(F)c(F)cc21. The van der Waals surface area contributed by atoms with Gasteiger partial charge in [0.1, 0.15) is 6.04 Å². The third-order valence-electron chi connectivity index (χ3n) is 4.05. The molecule has 2 aromatic carbocycles. The van der Waals surface area contributed by atoms with Crippen molar-refractivity contribution in [1.82, 2.24) is 4.57 Å². The zero-order chi connectivity index (χ0) is 21.5.